The van der Waals surface area contributed by atoms with Gasteiger partial charge in [0.15, 0.2) is 0 Å². The minimum absolute atomic E-state index is 0.138. The van der Waals surface area contributed by atoms with Crippen LogP contribution in [-0.2, 0) is 14.9 Å². The molecule has 1 aliphatic heterocycles. The molecule has 0 unspecified atom stereocenters. The number of carbonyl (C=O) groups excluding carboxylic acids is 2. The maximum atomic E-state index is 13.4. The smallest absolute Gasteiger partial charge is 0.342 e. The summed E-state index contributed by atoms with van der Waals surface area (Å²) in [6.07, 6.45) is 1.39. The van der Waals surface area contributed by atoms with Gasteiger partial charge in [0.05, 0.1) is 17.4 Å². The molecule has 31 heavy (non-hydrogen) atoms. The molecule has 1 amide bonds. The van der Waals surface area contributed by atoms with Crippen LogP contribution in [0, 0.1) is 6.92 Å². The molecule has 0 radical (unpaired) electrons. The SMILES string of the molecule is Cc1cccc(C(=O)N2C=C(C(=O)OC(C)C)c3[nH]c4ccccc4c3C(C)(C)C2)c1. The molecule has 5 heteroatoms. The molecule has 2 heterocycles. The van der Waals surface area contributed by atoms with Crippen molar-refractivity contribution in [1.82, 2.24) is 9.88 Å². The molecule has 0 fully saturated rings. The summed E-state index contributed by atoms with van der Waals surface area (Å²) in [6.45, 7) is 10.2. The van der Waals surface area contributed by atoms with E-state index < -0.39 is 11.4 Å². The highest BCUT2D eigenvalue weighted by Gasteiger charge is 2.37. The molecular formula is C26H28N2O3. The number of hydrogen-bond donors (Lipinski definition) is 1. The first-order valence-corrected chi connectivity index (χ1v) is 10.6. The van der Waals surface area contributed by atoms with E-state index in [0.29, 0.717) is 17.7 Å². The van der Waals surface area contributed by atoms with Gasteiger partial charge in [0.1, 0.15) is 0 Å². The predicted octanol–water partition coefficient (Wildman–Crippen LogP) is 5.20. The average molecular weight is 417 g/mol. The van der Waals surface area contributed by atoms with E-state index >= 15 is 0 Å². The first-order chi connectivity index (χ1) is 14.7. The van der Waals surface area contributed by atoms with E-state index in [4.69, 9.17) is 4.74 Å². The maximum absolute atomic E-state index is 13.4. The normalized spacial score (nSPS) is 15.4. The second-order valence-electron chi connectivity index (χ2n) is 9.10. The van der Waals surface area contributed by atoms with Crippen molar-refractivity contribution in [3.8, 4) is 0 Å². The summed E-state index contributed by atoms with van der Waals surface area (Å²) < 4.78 is 5.55. The van der Waals surface area contributed by atoms with E-state index in [-0.39, 0.29) is 12.0 Å². The molecule has 2 aromatic carbocycles. The summed E-state index contributed by atoms with van der Waals surface area (Å²) in [4.78, 5) is 31.6. The van der Waals surface area contributed by atoms with Gasteiger partial charge in [-0.15, -0.1) is 0 Å². The zero-order chi connectivity index (χ0) is 22.3. The van der Waals surface area contributed by atoms with Gasteiger partial charge < -0.3 is 14.6 Å². The second-order valence-corrected chi connectivity index (χ2v) is 9.10. The Balaban J connectivity index is 1.90. The number of H-pyrrole nitrogens is 1. The van der Waals surface area contributed by atoms with E-state index in [0.717, 1.165) is 27.7 Å². The van der Waals surface area contributed by atoms with Crippen LogP contribution >= 0.6 is 0 Å². The summed E-state index contributed by atoms with van der Waals surface area (Å²) in [5.74, 6) is -0.580. The Morgan fingerprint density at radius 3 is 2.55 bits per heavy atom. The van der Waals surface area contributed by atoms with Crippen LogP contribution in [0.25, 0.3) is 16.5 Å². The van der Waals surface area contributed by atoms with E-state index in [1.54, 1.807) is 11.1 Å². The van der Waals surface area contributed by atoms with Gasteiger partial charge in [-0.05, 0) is 44.5 Å². The fourth-order valence-electron chi connectivity index (χ4n) is 4.32. The van der Waals surface area contributed by atoms with Crippen LogP contribution in [-0.4, -0.2) is 34.4 Å². The lowest BCUT2D eigenvalue weighted by Gasteiger charge is -2.29. The molecule has 1 N–H and O–H groups in total. The number of aryl methyl sites for hydroxylation is 1. The summed E-state index contributed by atoms with van der Waals surface area (Å²) in [7, 11) is 0. The number of carbonyl (C=O) groups is 2. The monoisotopic (exact) mass is 416 g/mol. The number of rotatable bonds is 3. The van der Waals surface area contributed by atoms with Gasteiger partial charge in [-0.25, -0.2) is 4.79 Å². The van der Waals surface area contributed by atoms with E-state index in [1.165, 1.54) is 0 Å². The summed E-state index contributed by atoms with van der Waals surface area (Å²) in [5, 5.41) is 1.05. The molecule has 1 aliphatic rings. The molecule has 0 saturated heterocycles. The lowest BCUT2D eigenvalue weighted by Crippen LogP contribution is -2.37. The van der Waals surface area contributed by atoms with Crippen molar-refractivity contribution in [2.75, 3.05) is 6.54 Å². The van der Waals surface area contributed by atoms with E-state index in [9.17, 15) is 9.59 Å². The molecule has 160 valence electrons. The molecule has 5 nitrogen and oxygen atoms in total. The molecule has 3 aromatic rings. The van der Waals surface area contributed by atoms with Crippen LogP contribution in [0.15, 0.2) is 54.7 Å². The number of fused-ring (bicyclic) bond motifs is 3. The molecular weight excluding hydrogens is 388 g/mol. The van der Waals surface area contributed by atoms with Crippen LogP contribution in [0.2, 0.25) is 0 Å². The summed E-state index contributed by atoms with van der Waals surface area (Å²) >= 11 is 0. The van der Waals surface area contributed by atoms with Crippen molar-refractivity contribution >= 4 is 28.4 Å². The van der Waals surface area contributed by atoms with Gasteiger partial charge in [0.2, 0.25) is 0 Å². The Labute approximate surface area is 182 Å². The van der Waals surface area contributed by atoms with Gasteiger partial charge in [0, 0.05) is 34.6 Å². The van der Waals surface area contributed by atoms with E-state index in [1.807, 2.05) is 63.2 Å². The van der Waals surface area contributed by atoms with Crippen LogP contribution in [0.3, 0.4) is 0 Å². The quantitative estimate of drug-likeness (QED) is 0.597. The van der Waals surface area contributed by atoms with Crippen LogP contribution < -0.4 is 0 Å². The number of nitrogens with one attached hydrogen (secondary N) is 1. The Kier molecular flexibility index (Phi) is 5.21. The summed E-state index contributed by atoms with van der Waals surface area (Å²) in [5.41, 5.74) is 4.28. The fourth-order valence-corrected chi connectivity index (χ4v) is 4.32. The lowest BCUT2D eigenvalue weighted by atomic mass is 9.81. The number of nitrogens with zero attached hydrogens (tertiary/aromatic N) is 1. The van der Waals surface area contributed by atoms with E-state index in [2.05, 4.69) is 24.9 Å². The van der Waals surface area contributed by atoms with Crippen molar-refractivity contribution in [3.63, 3.8) is 0 Å². The van der Waals surface area contributed by atoms with Crippen molar-refractivity contribution < 1.29 is 14.3 Å². The van der Waals surface area contributed by atoms with Crippen molar-refractivity contribution in [1.29, 1.82) is 0 Å². The predicted molar refractivity (Wildman–Crippen MR) is 123 cm³/mol. The molecule has 0 atom stereocenters. The Morgan fingerprint density at radius 2 is 1.84 bits per heavy atom. The number of para-hydroxylation sites is 1. The topological polar surface area (TPSA) is 62.4 Å². The molecule has 0 aliphatic carbocycles. The maximum Gasteiger partial charge on any atom is 0.342 e. The van der Waals surface area contributed by atoms with Crippen LogP contribution in [0.5, 0.6) is 0 Å². The zero-order valence-corrected chi connectivity index (χ0v) is 18.7. The highest BCUT2D eigenvalue weighted by atomic mass is 16.5. The highest BCUT2D eigenvalue weighted by molar-refractivity contribution is 6.18. The number of hydrogen-bond acceptors (Lipinski definition) is 3. The van der Waals surface area contributed by atoms with Crippen molar-refractivity contribution in [3.05, 3.63) is 77.1 Å². The number of aromatic amines is 1. The number of ether oxygens (including phenoxy) is 1. The fraction of sp³-hybridized carbons (Fsp3) is 0.308. The molecule has 4 rings (SSSR count). The third kappa shape index (κ3) is 3.88. The Bertz CT molecular complexity index is 1200. The van der Waals surface area contributed by atoms with Gasteiger partial charge >= 0.3 is 5.97 Å². The first-order valence-electron chi connectivity index (χ1n) is 10.6. The largest absolute Gasteiger partial charge is 0.459 e. The molecule has 0 bridgehead atoms. The zero-order valence-electron chi connectivity index (χ0n) is 18.7. The van der Waals surface area contributed by atoms with Gasteiger partial charge in [-0.2, -0.15) is 0 Å². The van der Waals surface area contributed by atoms with Crippen LogP contribution in [0.1, 0.15) is 54.9 Å². The Morgan fingerprint density at radius 1 is 1.10 bits per heavy atom. The van der Waals surface area contributed by atoms with Gasteiger partial charge in [-0.3, -0.25) is 4.79 Å². The molecule has 0 spiro atoms. The standard InChI is InChI=1S/C26H28N2O3/c1-16(2)31-25(30)20-14-28(24(29)18-10-8-9-17(3)13-18)15-26(4,5)22-19-11-6-7-12-21(19)27-23(20)22/h6-14,16,27H,15H2,1-5H3. The first kappa shape index (κ1) is 20.9. The minimum atomic E-state index is -0.442. The minimum Gasteiger partial charge on any atom is -0.459 e. The number of amides is 1. The molecule has 1 aromatic heterocycles. The van der Waals surface area contributed by atoms with Crippen molar-refractivity contribution in [2.45, 2.75) is 46.1 Å². The molecule has 0 saturated carbocycles. The van der Waals surface area contributed by atoms with Gasteiger partial charge in [-0.1, -0.05) is 49.7 Å². The number of esters is 1. The number of aromatic nitrogens is 1. The highest BCUT2D eigenvalue weighted by Crippen LogP contribution is 2.40. The average Bonchev–Trinajstić information content (AvgIpc) is 3.04. The number of benzene rings is 2. The Hall–Kier alpha value is -3.34. The van der Waals surface area contributed by atoms with Gasteiger partial charge in [0.25, 0.3) is 5.91 Å². The third-order valence-electron chi connectivity index (χ3n) is 5.59. The van der Waals surface area contributed by atoms with Crippen LogP contribution in [0.4, 0.5) is 0 Å². The second kappa shape index (κ2) is 7.73. The lowest BCUT2D eigenvalue weighted by molar-refractivity contribution is -0.140. The van der Waals surface area contributed by atoms with Crippen molar-refractivity contribution in [2.24, 2.45) is 0 Å². The third-order valence-corrected chi connectivity index (χ3v) is 5.59. The summed E-state index contributed by atoms with van der Waals surface area (Å²) in [6, 6.07) is 15.5.